The van der Waals surface area contributed by atoms with Crippen LogP contribution in [0, 0.1) is 5.92 Å². The Balaban J connectivity index is 1.55. The maximum absolute atomic E-state index is 13.8. The minimum atomic E-state index is -3.02. The summed E-state index contributed by atoms with van der Waals surface area (Å²) in [7, 11) is -5.99. The highest BCUT2D eigenvalue weighted by Gasteiger charge is 2.52. The van der Waals surface area contributed by atoms with Crippen molar-refractivity contribution in [3.05, 3.63) is 170 Å². The van der Waals surface area contributed by atoms with E-state index in [2.05, 4.69) is 121 Å². The van der Waals surface area contributed by atoms with E-state index >= 15 is 0 Å². The summed E-state index contributed by atoms with van der Waals surface area (Å²) in [5.74, 6) is -1.10. The number of benzene rings is 5. The van der Waals surface area contributed by atoms with Crippen molar-refractivity contribution in [3.63, 3.8) is 0 Å². The van der Waals surface area contributed by atoms with Gasteiger partial charge in [-0.25, -0.2) is 4.79 Å². The molecule has 276 valence electrons. The van der Waals surface area contributed by atoms with Gasteiger partial charge in [0.25, 0.3) is 16.6 Å². The van der Waals surface area contributed by atoms with Gasteiger partial charge in [-0.1, -0.05) is 187 Å². The van der Waals surface area contributed by atoms with E-state index in [1.807, 2.05) is 54.6 Å². The molecule has 53 heavy (non-hydrogen) atoms. The first kappa shape index (κ1) is 39.8. The fourth-order valence-corrected chi connectivity index (χ4v) is 16.7. The average molecular weight is 743 g/mol. The molecule has 5 rings (SSSR count). The number of esters is 1. The first-order valence-corrected chi connectivity index (χ1v) is 22.2. The van der Waals surface area contributed by atoms with E-state index in [0.29, 0.717) is 5.56 Å². The monoisotopic (exact) mass is 742 g/mol. The summed E-state index contributed by atoms with van der Waals surface area (Å²) in [6.07, 6.45) is -0.473. The molecule has 0 aliphatic heterocycles. The van der Waals surface area contributed by atoms with E-state index in [-0.39, 0.29) is 23.3 Å². The lowest BCUT2D eigenvalue weighted by molar-refractivity contribution is -0.0567. The minimum absolute atomic E-state index is 0.0659. The molecule has 0 saturated carbocycles. The second-order valence-electron chi connectivity index (χ2n) is 15.7. The molecule has 0 aliphatic carbocycles. The maximum Gasteiger partial charge on any atom is 0.338 e. The molecule has 3 atom stereocenters. The molecule has 0 amide bonds. The van der Waals surface area contributed by atoms with Crippen LogP contribution < -0.4 is 20.7 Å². The lowest BCUT2D eigenvalue weighted by Crippen LogP contribution is -2.67. The Kier molecular flexibility index (Phi) is 12.9. The first-order chi connectivity index (χ1) is 25.3. The Hall–Kier alpha value is -4.38. The molecule has 0 heterocycles. The number of carbonyl (C=O) groups is 1. The van der Waals surface area contributed by atoms with Crippen LogP contribution in [0.25, 0.3) is 0 Å². The third-order valence-electron chi connectivity index (χ3n) is 10.2. The van der Waals surface area contributed by atoms with Gasteiger partial charge in [-0.2, -0.15) is 0 Å². The summed E-state index contributed by atoms with van der Waals surface area (Å²) in [6, 6.07) is 50.3. The van der Waals surface area contributed by atoms with Crippen molar-refractivity contribution in [1.82, 2.24) is 0 Å². The summed E-state index contributed by atoms with van der Waals surface area (Å²) < 4.78 is 20.8. The molecule has 0 fully saturated rings. The van der Waals surface area contributed by atoms with Gasteiger partial charge >= 0.3 is 5.97 Å². The van der Waals surface area contributed by atoms with Crippen LogP contribution in [0.2, 0.25) is 10.1 Å². The smallest absolute Gasteiger partial charge is 0.338 e. The van der Waals surface area contributed by atoms with Gasteiger partial charge in [-0.05, 0) is 43.0 Å². The van der Waals surface area contributed by atoms with Crippen molar-refractivity contribution in [1.29, 1.82) is 0 Å². The molecular weight excluding hydrogens is 689 g/mol. The standard InChI is InChI=1S/C46H54O5Si2/c1-8-36(34-49-52(45(2,3)4,38-26-16-10-17-27-38)39-28-18-11-19-29-39)43(51-44(48)37-24-14-9-15-25-37)42(47)35-50-53(46(5,6)7,40-30-20-12-21-31-40)41-32-22-13-23-33-41/h8-33,36,42-43,47H,1,34-35H2,2-7H3/t36-,42-,43+/m1/s1. The van der Waals surface area contributed by atoms with Gasteiger partial charge in [-0.3, -0.25) is 0 Å². The number of aliphatic hydroxyl groups is 1. The molecule has 0 bridgehead atoms. The fourth-order valence-electron chi connectivity index (χ4n) is 7.56. The topological polar surface area (TPSA) is 65.0 Å². The molecule has 0 spiro atoms. The second-order valence-corrected chi connectivity index (χ2v) is 24.3. The number of hydrogen-bond acceptors (Lipinski definition) is 5. The van der Waals surface area contributed by atoms with Gasteiger partial charge < -0.3 is 18.7 Å². The molecule has 5 aromatic rings. The Morgan fingerprint density at radius 1 is 0.585 bits per heavy atom. The van der Waals surface area contributed by atoms with Crippen LogP contribution in [-0.2, 0) is 13.6 Å². The van der Waals surface area contributed by atoms with Crippen LogP contribution in [-0.4, -0.2) is 53.1 Å². The van der Waals surface area contributed by atoms with E-state index in [1.165, 1.54) is 0 Å². The van der Waals surface area contributed by atoms with Gasteiger partial charge in [-0.15, -0.1) is 6.58 Å². The highest BCUT2D eigenvalue weighted by molar-refractivity contribution is 7.00. The molecular formula is C46H54O5Si2. The minimum Gasteiger partial charge on any atom is -0.455 e. The molecule has 5 nitrogen and oxygen atoms in total. The van der Waals surface area contributed by atoms with E-state index in [9.17, 15) is 9.90 Å². The number of carbonyl (C=O) groups excluding carboxylic acids is 1. The Labute approximate surface area is 318 Å². The maximum atomic E-state index is 13.8. The van der Waals surface area contributed by atoms with Gasteiger partial charge in [0.2, 0.25) is 0 Å². The third-order valence-corrected chi connectivity index (χ3v) is 20.2. The Morgan fingerprint density at radius 2 is 0.906 bits per heavy atom. The summed E-state index contributed by atoms with van der Waals surface area (Å²) in [4.78, 5) is 13.8. The van der Waals surface area contributed by atoms with Gasteiger partial charge in [0.1, 0.15) is 12.2 Å². The summed E-state index contributed by atoms with van der Waals surface area (Å²) >= 11 is 0. The summed E-state index contributed by atoms with van der Waals surface area (Å²) in [6.45, 7) is 17.6. The van der Waals surface area contributed by atoms with Gasteiger partial charge in [0.05, 0.1) is 12.2 Å². The molecule has 7 heteroatoms. The lowest BCUT2D eigenvalue weighted by Gasteiger charge is -2.45. The van der Waals surface area contributed by atoms with E-state index in [4.69, 9.17) is 13.6 Å². The van der Waals surface area contributed by atoms with E-state index < -0.39 is 40.7 Å². The number of aliphatic hydroxyl groups excluding tert-OH is 1. The van der Waals surface area contributed by atoms with Crippen LogP contribution in [0.15, 0.2) is 164 Å². The molecule has 0 saturated heterocycles. The van der Waals surface area contributed by atoms with Crippen LogP contribution >= 0.6 is 0 Å². The highest BCUT2D eigenvalue weighted by atomic mass is 28.4. The molecule has 0 radical (unpaired) electrons. The van der Waals surface area contributed by atoms with Crippen molar-refractivity contribution < 1.29 is 23.5 Å². The van der Waals surface area contributed by atoms with Gasteiger partial charge in [0, 0.05) is 12.5 Å². The molecule has 1 N–H and O–H groups in total. The number of hydrogen-bond donors (Lipinski definition) is 1. The molecule has 0 aliphatic rings. The van der Waals surface area contributed by atoms with Crippen LogP contribution in [0.1, 0.15) is 51.9 Å². The third kappa shape index (κ3) is 8.56. The molecule has 5 aromatic carbocycles. The molecule has 0 aromatic heterocycles. The van der Waals surface area contributed by atoms with Crippen molar-refractivity contribution in [2.24, 2.45) is 5.92 Å². The van der Waals surface area contributed by atoms with Gasteiger partial charge in [0.15, 0.2) is 0 Å². The fraction of sp³-hybridized carbons (Fsp3) is 0.283. The highest BCUT2D eigenvalue weighted by Crippen LogP contribution is 2.39. The Bertz CT molecular complexity index is 1790. The average Bonchev–Trinajstić information content (AvgIpc) is 3.17. The second kappa shape index (κ2) is 17.2. The normalized spacial score (nSPS) is 14.2. The molecule has 0 unspecified atom stereocenters. The van der Waals surface area contributed by atoms with Crippen molar-refractivity contribution >= 4 is 43.4 Å². The van der Waals surface area contributed by atoms with Crippen LogP contribution in [0.4, 0.5) is 0 Å². The number of ether oxygens (including phenoxy) is 1. The predicted molar refractivity (Wildman–Crippen MR) is 222 cm³/mol. The lowest BCUT2D eigenvalue weighted by atomic mass is 9.98. The predicted octanol–water partition coefficient (Wildman–Crippen LogP) is 7.53. The summed E-state index contributed by atoms with van der Waals surface area (Å²) in [5.41, 5.74) is 0.397. The van der Waals surface area contributed by atoms with Crippen LogP contribution in [0.3, 0.4) is 0 Å². The largest absolute Gasteiger partial charge is 0.455 e. The zero-order chi connectivity index (χ0) is 38.1. The Morgan fingerprint density at radius 3 is 1.23 bits per heavy atom. The first-order valence-electron chi connectivity index (χ1n) is 18.4. The van der Waals surface area contributed by atoms with E-state index in [0.717, 1.165) is 20.7 Å². The quantitative estimate of drug-likeness (QED) is 0.0683. The zero-order valence-corrected chi connectivity index (χ0v) is 33.9. The zero-order valence-electron chi connectivity index (χ0n) is 31.9. The van der Waals surface area contributed by atoms with E-state index in [1.54, 1.807) is 30.3 Å². The van der Waals surface area contributed by atoms with Crippen molar-refractivity contribution in [2.45, 2.75) is 63.8 Å². The number of rotatable bonds is 15. The van der Waals surface area contributed by atoms with Crippen LogP contribution in [0.5, 0.6) is 0 Å². The van der Waals surface area contributed by atoms with Crippen molar-refractivity contribution in [2.75, 3.05) is 13.2 Å². The SMILES string of the molecule is C=C[C@H](CO[Si](c1ccccc1)(c1ccccc1)C(C)(C)C)[C@H](OC(=O)c1ccccc1)[C@H](O)CO[Si](c1ccccc1)(c1ccccc1)C(C)(C)C. The summed E-state index contributed by atoms with van der Waals surface area (Å²) in [5, 5.41) is 16.2. The van der Waals surface area contributed by atoms with Crippen molar-refractivity contribution in [3.8, 4) is 0 Å².